The molecule has 13 heteroatoms. The van der Waals surface area contributed by atoms with Gasteiger partial charge in [0.25, 0.3) is 5.91 Å². The van der Waals surface area contributed by atoms with Gasteiger partial charge >= 0.3 is 6.09 Å². The Morgan fingerprint density at radius 2 is 1.79 bits per heavy atom. The number of likely N-dealkylation sites (tertiary alicyclic amines) is 1. The summed E-state index contributed by atoms with van der Waals surface area (Å²) >= 11 is 0. The number of nitrogens with one attached hydrogen (secondary N) is 1. The molecule has 3 aliphatic rings. The van der Waals surface area contributed by atoms with Crippen LogP contribution in [-0.4, -0.2) is 93.7 Å². The van der Waals surface area contributed by atoms with Crippen LogP contribution in [0.4, 0.5) is 29.5 Å². The van der Waals surface area contributed by atoms with E-state index in [4.69, 9.17) is 4.74 Å². The van der Waals surface area contributed by atoms with Crippen LogP contribution < -0.4 is 10.2 Å². The van der Waals surface area contributed by atoms with Gasteiger partial charge in [-0.15, -0.1) is 10.2 Å². The lowest BCUT2D eigenvalue weighted by molar-refractivity contribution is -0.148. The number of rotatable bonds is 2. The number of phenols is 1. The molecule has 5 rings (SSSR count). The quantitative estimate of drug-likeness (QED) is 0.588. The predicted octanol–water partition coefficient (Wildman–Crippen LogP) is 3.31. The van der Waals surface area contributed by atoms with Crippen molar-refractivity contribution in [2.24, 2.45) is 0 Å². The number of alkyl halides is 1. The monoisotopic (exact) mass is 548 g/mol. The van der Waals surface area contributed by atoms with Crippen LogP contribution in [0, 0.1) is 11.6 Å². The van der Waals surface area contributed by atoms with Crippen LogP contribution in [0.5, 0.6) is 5.75 Å². The number of aromatic hydroxyl groups is 1. The summed E-state index contributed by atoms with van der Waals surface area (Å²) in [5.41, 5.74) is -2.17. The van der Waals surface area contributed by atoms with Crippen molar-refractivity contribution < 1.29 is 32.6 Å². The van der Waals surface area contributed by atoms with E-state index >= 15 is 4.39 Å². The lowest BCUT2D eigenvalue weighted by Crippen LogP contribution is -2.62. The third kappa shape index (κ3) is 5.26. The highest BCUT2D eigenvalue weighted by Gasteiger charge is 2.47. The number of carbonyl (C=O) groups is 2. The van der Waals surface area contributed by atoms with Crippen LogP contribution in [-0.2, 0) is 9.53 Å². The average molecular weight is 549 g/mol. The maximum atomic E-state index is 15.8. The fourth-order valence-electron chi connectivity index (χ4n) is 5.23. The number of hydrogen-bond donors (Lipinski definition) is 2. The van der Waals surface area contributed by atoms with Gasteiger partial charge in [0, 0.05) is 63.7 Å². The molecular weight excluding hydrogens is 517 g/mol. The number of piperazine rings is 1. The summed E-state index contributed by atoms with van der Waals surface area (Å²) < 4.78 is 48.9. The van der Waals surface area contributed by atoms with Crippen LogP contribution in [0.2, 0.25) is 0 Å². The molecule has 2 fully saturated rings. The number of anilines is 2. The Balaban J connectivity index is 1.27. The minimum Gasteiger partial charge on any atom is -0.504 e. The van der Waals surface area contributed by atoms with Gasteiger partial charge < -0.3 is 29.9 Å². The smallest absolute Gasteiger partial charge is 0.410 e. The molecule has 210 valence electrons. The van der Waals surface area contributed by atoms with Gasteiger partial charge in [-0.3, -0.25) is 4.79 Å². The minimum absolute atomic E-state index is 0.0877. The van der Waals surface area contributed by atoms with Gasteiger partial charge in [0.1, 0.15) is 11.4 Å². The zero-order valence-corrected chi connectivity index (χ0v) is 22.0. The summed E-state index contributed by atoms with van der Waals surface area (Å²) in [5.74, 6) is -2.83. The number of fused-ring (bicyclic) bond motifs is 3. The van der Waals surface area contributed by atoms with E-state index in [-0.39, 0.29) is 56.3 Å². The second-order valence-corrected chi connectivity index (χ2v) is 11.2. The van der Waals surface area contributed by atoms with E-state index in [0.717, 1.165) is 6.07 Å². The van der Waals surface area contributed by atoms with E-state index in [9.17, 15) is 23.5 Å². The molecule has 0 unspecified atom stereocenters. The first kappa shape index (κ1) is 26.8. The summed E-state index contributed by atoms with van der Waals surface area (Å²) in [6.45, 7) is 6.76. The molecule has 2 aromatic rings. The first-order valence-corrected chi connectivity index (χ1v) is 12.9. The van der Waals surface area contributed by atoms with Crippen molar-refractivity contribution in [3.05, 3.63) is 29.8 Å². The lowest BCUT2D eigenvalue weighted by atomic mass is 9.91. The van der Waals surface area contributed by atoms with Crippen LogP contribution in [0.15, 0.2) is 18.2 Å². The average Bonchev–Trinajstić information content (AvgIpc) is 2.89. The SMILES string of the molecule is CC(C)(C)OC(=O)N1CCC(F)(C(=O)N2CCN3c4cc(-c5cc(F)cc(F)c5O)nnc4NC[C@H]3C2)CC1. The molecule has 0 radical (unpaired) electrons. The summed E-state index contributed by atoms with van der Waals surface area (Å²) in [5, 5.41) is 21.4. The number of hydrogen-bond acceptors (Lipinski definition) is 8. The standard InChI is InChI=1S/C26H31F3N6O4/c1-25(2,3)39-24(38)33-6-4-26(29,5-7-33)23(37)34-8-9-35-16(14-34)13-30-22-20(35)12-19(31-32-22)17-10-15(27)11-18(28)21(17)36/h10-12,16,36H,4-9,13-14H2,1-3H3,(H,30,32)/t16-/m0/s1. The van der Waals surface area contributed by atoms with Crippen LogP contribution >= 0.6 is 0 Å². The van der Waals surface area contributed by atoms with Gasteiger partial charge in [-0.1, -0.05) is 0 Å². The number of amides is 2. The molecule has 0 aliphatic carbocycles. The summed E-state index contributed by atoms with van der Waals surface area (Å²) in [6.07, 6.45) is -0.734. The number of nitrogens with zero attached hydrogens (tertiary/aromatic N) is 5. The van der Waals surface area contributed by atoms with E-state index in [0.29, 0.717) is 30.7 Å². The van der Waals surface area contributed by atoms with E-state index in [1.807, 2.05) is 4.90 Å². The molecule has 39 heavy (non-hydrogen) atoms. The summed E-state index contributed by atoms with van der Waals surface area (Å²) in [6, 6.07) is 2.93. The number of piperidine rings is 1. The number of halogens is 3. The van der Waals surface area contributed by atoms with Crippen molar-refractivity contribution >= 4 is 23.5 Å². The topological polar surface area (TPSA) is 111 Å². The van der Waals surface area contributed by atoms with Crippen molar-refractivity contribution in [3.8, 4) is 17.0 Å². The first-order chi connectivity index (χ1) is 18.3. The van der Waals surface area contributed by atoms with Crippen molar-refractivity contribution in [2.45, 2.75) is 50.9 Å². The van der Waals surface area contributed by atoms with Crippen molar-refractivity contribution in [1.82, 2.24) is 20.0 Å². The Kier molecular flexibility index (Phi) is 6.71. The second-order valence-electron chi connectivity index (χ2n) is 11.2. The van der Waals surface area contributed by atoms with E-state index in [1.165, 1.54) is 9.80 Å². The van der Waals surface area contributed by atoms with Gasteiger partial charge in [0.05, 0.1) is 17.4 Å². The predicted molar refractivity (Wildman–Crippen MR) is 136 cm³/mol. The Labute approximate surface area is 223 Å². The number of carbonyl (C=O) groups excluding carboxylic acids is 2. The molecule has 10 nitrogen and oxygen atoms in total. The molecule has 3 aliphatic heterocycles. The van der Waals surface area contributed by atoms with Crippen LogP contribution in [0.1, 0.15) is 33.6 Å². The largest absolute Gasteiger partial charge is 0.504 e. The Morgan fingerprint density at radius 3 is 2.49 bits per heavy atom. The molecule has 1 aromatic heterocycles. The highest BCUT2D eigenvalue weighted by atomic mass is 19.1. The third-order valence-corrected chi connectivity index (χ3v) is 7.25. The molecule has 1 aromatic carbocycles. The normalized spacial score (nSPS) is 20.6. The maximum absolute atomic E-state index is 15.8. The molecule has 2 amide bonds. The minimum atomic E-state index is -2.07. The number of benzene rings is 1. The van der Waals surface area contributed by atoms with Crippen molar-refractivity contribution in [2.75, 3.05) is 49.5 Å². The molecule has 0 spiro atoms. The zero-order valence-electron chi connectivity index (χ0n) is 22.0. The molecule has 4 heterocycles. The van der Waals surface area contributed by atoms with E-state index < -0.39 is 40.7 Å². The molecule has 2 N–H and O–H groups in total. The summed E-state index contributed by atoms with van der Waals surface area (Å²) in [4.78, 5) is 30.6. The fraction of sp³-hybridized carbons (Fsp3) is 0.538. The highest BCUT2D eigenvalue weighted by Crippen LogP contribution is 2.38. The van der Waals surface area contributed by atoms with Crippen LogP contribution in [0.25, 0.3) is 11.3 Å². The van der Waals surface area contributed by atoms with Gasteiger partial charge in [-0.2, -0.15) is 0 Å². The van der Waals surface area contributed by atoms with Crippen molar-refractivity contribution in [3.63, 3.8) is 0 Å². The summed E-state index contributed by atoms with van der Waals surface area (Å²) in [7, 11) is 0. The number of ether oxygens (including phenoxy) is 1. The number of aromatic nitrogens is 2. The zero-order chi connectivity index (χ0) is 28.1. The Morgan fingerprint density at radius 1 is 1.08 bits per heavy atom. The van der Waals surface area contributed by atoms with Crippen LogP contribution in [0.3, 0.4) is 0 Å². The maximum Gasteiger partial charge on any atom is 0.410 e. The van der Waals surface area contributed by atoms with Crippen molar-refractivity contribution in [1.29, 1.82) is 0 Å². The lowest BCUT2D eigenvalue weighted by Gasteiger charge is -2.47. The van der Waals surface area contributed by atoms with Gasteiger partial charge in [-0.25, -0.2) is 18.0 Å². The molecular formula is C26H31F3N6O4. The molecule has 0 bridgehead atoms. The second kappa shape index (κ2) is 9.76. The third-order valence-electron chi connectivity index (χ3n) is 7.25. The number of phenolic OH excluding ortho intramolecular Hbond substituents is 1. The Bertz CT molecular complexity index is 1300. The Hall–Kier alpha value is -3.77. The fourth-order valence-corrected chi connectivity index (χ4v) is 5.23. The molecule has 0 saturated carbocycles. The van der Waals surface area contributed by atoms with E-state index in [1.54, 1.807) is 26.8 Å². The molecule has 1 atom stereocenters. The highest BCUT2D eigenvalue weighted by molar-refractivity contribution is 5.86. The molecule has 2 saturated heterocycles. The van der Waals surface area contributed by atoms with E-state index in [2.05, 4.69) is 15.5 Å². The van der Waals surface area contributed by atoms with Gasteiger partial charge in [0.2, 0.25) is 0 Å². The van der Waals surface area contributed by atoms with Gasteiger partial charge in [-0.05, 0) is 32.9 Å². The van der Waals surface area contributed by atoms with Gasteiger partial charge in [0.15, 0.2) is 23.1 Å². The first-order valence-electron chi connectivity index (χ1n) is 12.9.